The molecular weight excluding hydrogens is 379 g/mol. The summed E-state index contributed by atoms with van der Waals surface area (Å²) in [4.78, 5) is 10.4. The molecule has 0 bridgehead atoms. The summed E-state index contributed by atoms with van der Waals surface area (Å²) in [5.41, 5.74) is 0. The van der Waals surface area contributed by atoms with Crippen LogP contribution in [-0.2, 0) is 4.79 Å². The molecule has 1 rings (SSSR count). The van der Waals surface area contributed by atoms with Crippen LogP contribution in [0.5, 0.6) is 5.75 Å². The van der Waals surface area contributed by atoms with Crippen molar-refractivity contribution in [3.05, 3.63) is 78.7 Å². The van der Waals surface area contributed by atoms with E-state index < -0.39 is 24.3 Å². The Morgan fingerprint density at radius 1 is 0.966 bits per heavy atom. The number of hydrogen-bond acceptors (Lipinski definition) is 5. The maximum atomic E-state index is 12.8. The van der Waals surface area contributed by atoms with Gasteiger partial charge in [-0.25, -0.2) is 4.39 Å². The van der Waals surface area contributed by atoms with Crippen molar-refractivity contribution >= 4 is 5.97 Å². The second kappa shape index (κ2) is 14.3. The van der Waals surface area contributed by atoms with Gasteiger partial charge < -0.3 is 25.2 Å². The van der Waals surface area contributed by atoms with Gasteiger partial charge in [-0.3, -0.25) is 4.79 Å². The number of allylic oxidation sites excluding steroid dienone is 6. The lowest BCUT2D eigenvalue weighted by molar-refractivity contribution is -0.137. The molecule has 1 aromatic carbocycles. The van der Waals surface area contributed by atoms with Crippen molar-refractivity contribution in [1.29, 1.82) is 0 Å². The van der Waals surface area contributed by atoms with Crippen molar-refractivity contribution in [1.82, 2.24) is 0 Å². The number of hydrogen-bond donors (Lipinski definition) is 4. The molecule has 7 heteroatoms. The Balaban J connectivity index is 2.24. The molecular formula is C22H27FO6. The Kier molecular flexibility index (Phi) is 12.0. The first-order valence-corrected chi connectivity index (χ1v) is 9.21. The van der Waals surface area contributed by atoms with E-state index in [2.05, 4.69) is 0 Å². The van der Waals surface area contributed by atoms with E-state index in [4.69, 9.17) is 9.84 Å². The predicted octanol–water partition coefficient (Wildman–Crippen LogP) is 2.77. The van der Waals surface area contributed by atoms with E-state index in [1.54, 1.807) is 42.5 Å². The van der Waals surface area contributed by atoms with Crippen molar-refractivity contribution in [2.75, 3.05) is 6.61 Å². The lowest BCUT2D eigenvalue weighted by Crippen LogP contribution is -2.23. The molecule has 0 unspecified atom stereocenters. The van der Waals surface area contributed by atoms with E-state index in [9.17, 15) is 24.5 Å². The Morgan fingerprint density at radius 2 is 1.55 bits per heavy atom. The fourth-order valence-electron chi connectivity index (χ4n) is 2.16. The van der Waals surface area contributed by atoms with Crippen molar-refractivity contribution < 1.29 is 34.3 Å². The van der Waals surface area contributed by atoms with Crippen LogP contribution in [0.1, 0.15) is 19.3 Å². The monoisotopic (exact) mass is 406 g/mol. The van der Waals surface area contributed by atoms with Crippen LogP contribution in [-0.4, -0.2) is 51.3 Å². The SMILES string of the molecule is O=C(O)CCC[C@H](O)[C@H](O)/C=C/C=C/C=C/C=C/[C@H](O)COc1ccc(F)cc1. The molecule has 4 N–H and O–H groups in total. The Morgan fingerprint density at radius 3 is 2.17 bits per heavy atom. The smallest absolute Gasteiger partial charge is 0.303 e. The van der Waals surface area contributed by atoms with Crippen molar-refractivity contribution in [2.45, 2.75) is 37.6 Å². The standard InChI is InChI=1S/C22H27FO6/c23-17-12-14-19(15-13-17)29-16-18(24)8-5-3-1-2-4-6-9-20(25)21(26)10-7-11-22(27)28/h1-6,8-9,12-15,18,20-21,24-26H,7,10-11,16H2,(H,27,28)/b3-1+,4-2+,8-5+,9-6+/t18-,20+,21-/m0/s1. The first-order chi connectivity index (χ1) is 13.9. The summed E-state index contributed by atoms with van der Waals surface area (Å²) in [7, 11) is 0. The first kappa shape index (κ1) is 24.3. The van der Waals surface area contributed by atoms with Gasteiger partial charge in [0.05, 0.1) is 12.2 Å². The fraction of sp³-hybridized carbons (Fsp3) is 0.318. The predicted molar refractivity (Wildman–Crippen MR) is 108 cm³/mol. The van der Waals surface area contributed by atoms with Crippen molar-refractivity contribution in [3.8, 4) is 5.75 Å². The zero-order chi connectivity index (χ0) is 21.5. The maximum Gasteiger partial charge on any atom is 0.303 e. The fourth-order valence-corrected chi connectivity index (χ4v) is 2.16. The van der Waals surface area contributed by atoms with Gasteiger partial charge in [0.2, 0.25) is 0 Å². The van der Waals surface area contributed by atoms with Gasteiger partial charge >= 0.3 is 5.97 Å². The summed E-state index contributed by atoms with van der Waals surface area (Å²) in [6.07, 6.45) is 10.5. The lowest BCUT2D eigenvalue weighted by atomic mass is 10.1. The van der Waals surface area contributed by atoms with Gasteiger partial charge in [-0.05, 0) is 37.1 Å². The summed E-state index contributed by atoms with van der Waals surface area (Å²) in [5, 5.41) is 37.7. The highest BCUT2D eigenvalue weighted by molar-refractivity contribution is 5.66. The second-order valence-corrected chi connectivity index (χ2v) is 6.22. The topological polar surface area (TPSA) is 107 Å². The van der Waals surface area contributed by atoms with Gasteiger partial charge in [-0.1, -0.05) is 48.6 Å². The van der Waals surface area contributed by atoms with Crippen LogP contribution in [0.3, 0.4) is 0 Å². The molecule has 0 spiro atoms. The number of aliphatic carboxylic acids is 1. The molecule has 0 aliphatic heterocycles. The van der Waals surface area contributed by atoms with Gasteiger partial charge in [0.25, 0.3) is 0 Å². The highest BCUT2D eigenvalue weighted by atomic mass is 19.1. The molecule has 3 atom stereocenters. The van der Waals surface area contributed by atoms with E-state index >= 15 is 0 Å². The molecule has 0 saturated heterocycles. The number of halogens is 1. The zero-order valence-corrected chi connectivity index (χ0v) is 16.0. The number of aliphatic hydroxyl groups excluding tert-OH is 3. The first-order valence-electron chi connectivity index (χ1n) is 9.21. The Bertz CT molecular complexity index is 709. The lowest BCUT2D eigenvalue weighted by Gasteiger charge is -2.13. The average Bonchev–Trinajstić information content (AvgIpc) is 2.69. The van der Waals surface area contributed by atoms with Crippen LogP contribution in [0, 0.1) is 5.82 Å². The van der Waals surface area contributed by atoms with Gasteiger partial charge in [-0.15, -0.1) is 0 Å². The van der Waals surface area contributed by atoms with Gasteiger partial charge in [0.1, 0.15) is 24.3 Å². The minimum Gasteiger partial charge on any atom is -0.491 e. The van der Waals surface area contributed by atoms with Gasteiger partial charge in [0.15, 0.2) is 0 Å². The highest BCUT2D eigenvalue weighted by Gasteiger charge is 2.12. The van der Waals surface area contributed by atoms with Gasteiger partial charge in [-0.2, -0.15) is 0 Å². The van der Waals surface area contributed by atoms with E-state index in [-0.39, 0.29) is 25.3 Å². The van der Waals surface area contributed by atoms with Crippen LogP contribution >= 0.6 is 0 Å². The number of benzene rings is 1. The molecule has 0 radical (unpaired) electrons. The molecule has 6 nitrogen and oxygen atoms in total. The number of carboxylic acid groups (broad SMARTS) is 1. The minimum atomic E-state index is -1.06. The molecule has 0 aliphatic rings. The molecule has 0 heterocycles. The van der Waals surface area contributed by atoms with Crippen LogP contribution < -0.4 is 4.74 Å². The van der Waals surface area contributed by atoms with Crippen LogP contribution in [0.25, 0.3) is 0 Å². The molecule has 0 amide bonds. The van der Waals surface area contributed by atoms with E-state index in [1.807, 2.05) is 0 Å². The molecule has 0 aliphatic carbocycles. The molecule has 1 aromatic rings. The molecule has 0 aromatic heterocycles. The zero-order valence-electron chi connectivity index (χ0n) is 16.0. The van der Waals surface area contributed by atoms with Gasteiger partial charge in [0, 0.05) is 6.42 Å². The van der Waals surface area contributed by atoms with Crippen LogP contribution in [0.15, 0.2) is 72.9 Å². The molecule has 158 valence electrons. The number of rotatable bonds is 13. The Hall–Kier alpha value is -2.74. The second-order valence-electron chi connectivity index (χ2n) is 6.22. The summed E-state index contributed by atoms with van der Waals surface area (Å²) in [5.74, 6) is -0.815. The summed E-state index contributed by atoms with van der Waals surface area (Å²) >= 11 is 0. The average molecular weight is 406 g/mol. The number of ether oxygens (including phenoxy) is 1. The summed E-state index contributed by atoms with van der Waals surface area (Å²) < 4.78 is 18.1. The molecule has 0 fully saturated rings. The highest BCUT2D eigenvalue weighted by Crippen LogP contribution is 2.11. The summed E-state index contributed by atoms with van der Waals surface area (Å²) in [6, 6.07) is 5.52. The van der Waals surface area contributed by atoms with E-state index in [0.29, 0.717) is 12.2 Å². The third kappa shape index (κ3) is 12.4. The largest absolute Gasteiger partial charge is 0.491 e. The quantitative estimate of drug-likeness (QED) is 0.375. The third-order valence-electron chi connectivity index (χ3n) is 3.72. The number of carboxylic acids is 1. The van der Waals surface area contributed by atoms with E-state index in [0.717, 1.165) is 0 Å². The van der Waals surface area contributed by atoms with Crippen molar-refractivity contribution in [2.24, 2.45) is 0 Å². The Labute approximate surface area is 169 Å². The minimum absolute atomic E-state index is 0.0429. The molecule has 0 saturated carbocycles. The molecule has 29 heavy (non-hydrogen) atoms. The summed E-state index contributed by atoms with van der Waals surface area (Å²) in [6.45, 7) is 0.0429. The van der Waals surface area contributed by atoms with E-state index in [1.165, 1.54) is 30.3 Å². The maximum absolute atomic E-state index is 12.8. The van der Waals surface area contributed by atoms with Crippen LogP contribution in [0.2, 0.25) is 0 Å². The number of aliphatic hydroxyl groups is 3. The third-order valence-corrected chi connectivity index (χ3v) is 3.72. The van der Waals surface area contributed by atoms with Crippen molar-refractivity contribution in [3.63, 3.8) is 0 Å². The number of carbonyl (C=O) groups is 1. The van der Waals surface area contributed by atoms with Crippen LogP contribution in [0.4, 0.5) is 4.39 Å². The normalized spacial score (nSPS) is 15.4.